The van der Waals surface area contributed by atoms with Crippen LogP contribution in [-0.2, 0) is 4.74 Å². The fraction of sp³-hybridized carbons (Fsp3) is 0.429. The third-order valence-corrected chi connectivity index (χ3v) is 3.82. The Balaban J connectivity index is 1.92. The Bertz CT molecular complexity index is 570. The average Bonchev–Trinajstić information content (AvgIpc) is 2.80. The van der Waals surface area contributed by atoms with Gasteiger partial charge in [0.2, 0.25) is 0 Å². The second-order valence-electron chi connectivity index (χ2n) is 4.99. The lowest BCUT2D eigenvalue weighted by Gasteiger charge is -2.37. The molecule has 0 saturated carbocycles. The van der Waals surface area contributed by atoms with Crippen LogP contribution in [0.3, 0.4) is 0 Å². The van der Waals surface area contributed by atoms with Crippen LogP contribution in [-0.4, -0.2) is 58.5 Å². The van der Waals surface area contributed by atoms with Gasteiger partial charge in [-0.25, -0.2) is 4.99 Å². The van der Waals surface area contributed by atoms with Crippen molar-refractivity contribution in [1.82, 2.24) is 0 Å². The highest BCUT2D eigenvalue weighted by Crippen LogP contribution is 2.29. The van der Waals surface area contributed by atoms with Crippen molar-refractivity contribution >= 4 is 11.6 Å². The Morgan fingerprint density at radius 3 is 2.60 bits per heavy atom. The number of ether oxygens (including phenoxy) is 1. The van der Waals surface area contributed by atoms with Crippen LogP contribution in [0.4, 0.5) is 0 Å². The van der Waals surface area contributed by atoms with E-state index in [4.69, 9.17) is 9.84 Å². The summed E-state index contributed by atoms with van der Waals surface area (Å²) in [5.41, 5.74) is 1.60. The molecule has 1 fully saturated rings. The van der Waals surface area contributed by atoms with Gasteiger partial charge in [0.1, 0.15) is 12.2 Å². The van der Waals surface area contributed by atoms with Gasteiger partial charge in [0.05, 0.1) is 36.5 Å². The molecule has 0 bridgehead atoms. The summed E-state index contributed by atoms with van der Waals surface area (Å²) >= 11 is 0. The number of hydrogen-bond donors (Lipinski definition) is 3. The minimum atomic E-state index is -1.20. The summed E-state index contributed by atoms with van der Waals surface area (Å²) in [5, 5.41) is 29.1. The van der Waals surface area contributed by atoms with Crippen LogP contribution in [0.1, 0.15) is 15.9 Å². The number of nitrogens with zero attached hydrogens (tertiary/aromatic N) is 1. The van der Waals surface area contributed by atoms with Gasteiger partial charge in [-0.15, -0.1) is 0 Å². The van der Waals surface area contributed by atoms with Gasteiger partial charge in [0, 0.05) is 5.56 Å². The van der Waals surface area contributed by atoms with Crippen molar-refractivity contribution in [2.24, 2.45) is 10.9 Å². The molecule has 6 nitrogen and oxygen atoms in total. The average molecular weight is 277 g/mol. The number of aliphatic hydroxyl groups excluding tert-OH is 3. The normalized spacial score (nSPS) is 33.0. The maximum absolute atomic E-state index is 11.8. The van der Waals surface area contributed by atoms with Crippen LogP contribution < -0.4 is 0 Å². The van der Waals surface area contributed by atoms with E-state index in [-0.39, 0.29) is 19.1 Å². The topological polar surface area (TPSA) is 99.4 Å². The van der Waals surface area contributed by atoms with Gasteiger partial charge in [-0.05, 0) is 6.07 Å². The molecule has 2 aliphatic rings. The van der Waals surface area contributed by atoms with E-state index in [0.29, 0.717) is 16.8 Å². The molecule has 1 amide bonds. The molecular weight excluding hydrogens is 262 g/mol. The zero-order valence-electron chi connectivity index (χ0n) is 10.6. The largest absolute Gasteiger partial charge is 0.394 e. The lowest BCUT2D eigenvalue weighted by atomic mass is 9.85. The third-order valence-electron chi connectivity index (χ3n) is 3.82. The standard InChI is InChI=1S/C14H15NO5/c16-5-10-13(18)12(17)9(6-20-10)11-7-3-1-2-4-8(7)14(19)15-11/h1-4,9-10,12-13,16-18H,5-6H2/t9-,10+,12+,13-/m0/s1. The lowest BCUT2D eigenvalue weighted by Crippen LogP contribution is -2.53. The number of benzene rings is 1. The van der Waals surface area contributed by atoms with Gasteiger partial charge in [-0.2, -0.15) is 0 Å². The summed E-state index contributed by atoms with van der Waals surface area (Å²) in [5.74, 6) is -0.929. The molecule has 0 aliphatic carbocycles. The maximum atomic E-state index is 11.8. The van der Waals surface area contributed by atoms with Crippen LogP contribution in [0.5, 0.6) is 0 Å². The minimum absolute atomic E-state index is 0.101. The van der Waals surface area contributed by atoms with Gasteiger partial charge in [0.25, 0.3) is 5.91 Å². The van der Waals surface area contributed by atoms with E-state index in [2.05, 4.69) is 4.99 Å². The summed E-state index contributed by atoms with van der Waals surface area (Å²) in [6.07, 6.45) is -3.14. The molecule has 3 rings (SSSR count). The molecule has 1 aromatic carbocycles. The van der Waals surface area contributed by atoms with E-state index in [1.54, 1.807) is 24.3 Å². The van der Waals surface area contributed by atoms with E-state index in [0.717, 1.165) is 0 Å². The molecule has 1 saturated heterocycles. The number of hydrogen-bond acceptors (Lipinski definition) is 5. The van der Waals surface area contributed by atoms with Gasteiger partial charge < -0.3 is 20.1 Å². The highest BCUT2D eigenvalue weighted by atomic mass is 16.5. The number of aliphatic imine (C=N–C) groups is 1. The first kappa shape index (κ1) is 13.4. The zero-order valence-corrected chi connectivity index (χ0v) is 10.6. The Hall–Kier alpha value is -1.60. The molecule has 0 unspecified atom stereocenters. The SMILES string of the molecule is O=C1N=C([C@@H]2CO[C@H](CO)[C@H](O)[C@@H]2O)c2ccccc21. The number of carbonyl (C=O) groups excluding carboxylic acids is 1. The van der Waals surface area contributed by atoms with E-state index >= 15 is 0 Å². The van der Waals surface area contributed by atoms with Crippen molar-refractivity contribution in [3.05, 3.63) is 35.4 Å². The predicted molar refractivity (Wildman–Crippen MR) is 69.6 cm³/mol. The minimum Gasteiger partial charge on any atom is -0.394 e. The molecule has 2 aliphatic heterocycles. The fourth-order valence-corrected chi connectivity index (χ4v) is 2.69. The van der Waals surface area contributed by atoms with E-state index < -0.39 is 24.2 Å². The summed E-state index contributed by atoms with van der Waals surface area (Å²) < 4.78 is 5.33. The van der Waals surface area contributed by atoms with Gasteiger partial charge >= 0.3 is 0 Å². The molecule has 0 radical (unpaired) electrons. The number of rotatable bonds is 2. The Morgan fingerprint density at radius 1 is 1.20 bits per heavy atom. The van der Waals surface area contributed by atoms with E-state index in [9.17, 15) is 15.0 Å². The zero-order chi connectivity index (χ0) is 14.3. The summed E-state index contributed by atoms with van der Waals surface area (Å²) in [6.45, 7) is -0.267. The molecule has 0 aromatic heterocycles. The van der Waals surface area contributed by atoms with E-state index in [1.807, 2.05) is 0 Å². The Labute approximate surface area is 115 Å². The van der Waals surface area contributed by atoms with Crippen LogP contribution in [0.25, 0.3) is 0 Å². The molecule has 6 heteroatoms. The smallest absolute Gasteiger partial charge is 0.277 e. The van der Waals surface area contributed by atoms with Gasteiger partial charge in [0.15, 0.2) is 0 Å². The second kappa shape index (κ2) is 5.06. The van der Waals surface area contributed by atoms with Crippen molar-refractivity contribution < 1.29 is 24.9 Å². The van der Waals surface area contributed by atoms with Crippen LogP contribution in [0.15, 0.2) is 29.3 Å². The molecule has 0 spiro atoms. The van der Waals surface area contributed by atoms with Crippen molar-refractivity contribution in [2.75, 3.05) is 13.2 Å². The van der Waals surface area contributed by atoms with Crippen molar-refractivity contribution in [3.63, 3.8) is 0 Å². The number of carbonyl (C=O) groups is 1. The first-order valence-corrected chi connectivity index (χ1v) is 6.44. The number of amides is 1. The van der Waals surface area contributed by atoms with E-state index in [1.165, 1.54) is 0 Å². The molecule has 20 heavy (non-hydrogen) atoms. The number of aliphatic hydroxyl groups is 3. The highest BCUT2D eigenvalue weighted by molar-refractivity contribution is 6.22. The Morgan fingerprint density at radius 2 is 1.90 bits per heavy atom. The Kier molecular flexibility index (Phi) is 3.39. The van der Waals surface area contributed by atoms with Crippen molar-refractivity contribution in [3.8, 4) is 0 Å². The first-order chi connectivity index (χ1) is 9.63. The van der Waals surface area contributed by atoms with Crippen molar-refractivity contribution in [2.45, 2.75) is 18.3 Å². The summed E-state index contributed by atoms with van der Waals surface area (Å²) in [4.78, 5) is 15.8. The monoisotopic (exact) mass is 277 g/mol. The van der Waals surface area contributed by atoms with Crippen LogP contribution in [0, 0.1) is 5.92 Å². The molecule has 3 N–H and O–H groups in total. The van der Waals surface area contributed by atoms with Crippen LogP contribution >= 0.6 is 0 Å². The molecule has 106 valence electrons. The highest BCUT2D eigenvalue weighted by Gasteiger charge is 2.42. The maximum Gasteiger partial charge on any atom is 0.277 e. The quantitative estimate of drug-likeness (QED) is 0.667. The first-order valence-electron chi connectivity index (χ1n) is 6.44. The molecule has 1 aromatic rings. The second-order valence-corrected chi connectivity index (χ2v) is 4.99. The fourth-order valence-electron chi connectivity index (χ4n) is 2.69. The molecular formula is C14H15NO5. The summed E-state index contributed by atoms with van der Waals surface area (Å²) in [7, 11) is 0. The predicted octanol–water partition coefficient (Wildman–Crippen LogP) is -0.641. The molecule has 4 atom stereocenters. The van der Waals surface area contributed by atoms with Gasteiger partial charge in [-0.3, -0.25) is 4.79 Å². The molecule has 2 heterocycles. The van der Waals surface area contributed by atoms with Crippen molar-refractivity contribution in [1.29, 1.82) is 0 Å². The number of fused-ring (bicyclic) bond motifs is 1. The van der Waals surface area contributed by atoms with Crippen LogP contribution in [0.2, 0.25) is 0 Å². The third kappa shape index (κ3) is 1.97. The van der Waals surface area contributed by atoms with Gasteiger partial charge in [-0.1, -0.05) is 18.2 Å². The lowest BCUT2D eigenvalue weighted by molar-refractivity contribution is -0.161. The summed E-state index contributed by atoms with van der Waals surface area (Å²) in [6, 6.07) is 6.98.